The number of nitrogens with zero attached hydrogens (tertiary/aromatic N) is 5. The highest BCUT2D eigenvalue weighted by Crippen LogP contribution is 2.13. The monoisotopic (exact) mass is 209 g/mol. The van der Waals surface area contributed by atoms with Crippen LogP contribution in [0.25, 0.3) is 0 Å². The zero-order valence-electron chi connectivity index (χ0n) is 8.28. The Hall–Kier alpha value is -2.71. The van der Waals surface area contributed by atoms with Gasteiger partial charge in [0.15, 0.2) is 12.0 Å². The molecule has 5 heteroatoms. The van der Waals surface area contributed by atoms with E-state index in [0.717, 1.165) is 0 Å². The molecular formula is C11H7N5. The van der Waals surface area contributed by atoms with E-state index in [1.165, 1.54) is 0 Å². The summed E-state index contributed by atoms with van der Waals surface area (Å²) in [5.41, 5.74) is 0.581. The molecule has 1 unspecified atom stereocenters. The molecule has 0 bridgehead atoms. The molecule has 1 rings (SSSR count). The van der Waals surface area contributed by atoms with Crippen molar-refractivity contribution in [2.75, 3.05) is 0 Å². The van der Waals surface area contributed by atoms with Gasteiger partial charge in [-0.2, -0.15) is 26.0 Å². The lowest BCUT2D eigenvalue weighted by atomic mass is 10.1. The molecule has 0 heterocycles. The molecule has 0 aliphatic rings. The first-order chi connectivity index (χ1) is 7.81. The van der Waals surface area contributed by atoms with Gasteiger partial charge in [0.25, 0.3) is 0 Å². The molecule has 0 radical (unpaired) electrons. The lowest BCUT2D eigenvalue weighted by Gasteiger charge is -2.00. The second kappa shape index (κ2) is 5.90. The highest BCUT2D eigenvalue weighted by atomic mass is 15.1. The molecule has 0 amide bonds. The van der Waals surface area contributed by atoms with Crippen LogP contribution in [0, 0.1) is 39.9 Å². The van der Waals surface area contributed by atoms with E-state index in [4.69, 9.17) is 15.8 Å². The van der Waals surface area contributed by atoms with Crippen LogP contribution in [0.5, 0.6) is 0 Å². The third-order valence-corrected chi connectivity index (χ3v) is 1.78. The zero-order chi connectivity index (χ0) is 11.8. The highest BCUT2D eigenvalue weighted by molar-refractivity contribution is 5.34. The molecule has 0 aliphatic carbocycles. The Morgan fingerprint density at radius 1 is 0.938 bits per heavy atom. The van der Waals surface area contributed by atoms with Crippen LogP contribution in [-0.2, 0) is 0 Å². The van der Waals surface area contributed by atoms with Gasteiger partial charge in [-0.05, 0) is 12.1 Å². The van der Waals surface area contributed by atoms with Crippen molar-refractivity contribution in [2.45, 2.75) is 6.04 Å². The van der Waals surface area contributed by atoms with Gasteiger partial charge in [-0.15, -0.1) is 0 Å². The molecule has 0 saturated carbocycles. The van der Waals surface area contributed by atoms with Crippen LogP contribution in [-0.4, -0.2) is 6.04 Å². The van der Waals surface area contributed by atoms with Crippen molar-refractivity contribution in [1.82, 2.24) is 0 Å². The van der Waals surface area contributed by atoms with Gasteiger partial charge in [0.1, 0.15) is 0 Å². The van der Waals surface area contributed by atoms with Gasteiger partial charge in [-0.25, -0.2) is 0 Å². The van der Waals surface area contributed by atoms with Crippen LogP contribution in [0.15, 0.2) is 40.6 Å². The number of hydrogen-bond acceptors (Lipinski definition) is 5. The lowest BCUT2D eigenvalue weighted by molar-refractivity contribution is 0.695. The van der Waals surface area contributed by atoms with Crippen molar-refractivity contribution in [1.29, 1.82) is 15.8 Å². The molecule has 0 aliphatic heterocycles. The summed E-state index contributed by atoms with van der Waals surface area (Å²) >= 11 is 0. The Labute approximate surface area is 92.9 Å². The van der Waals surface area contributed by atoms with Crippen LogP contribution >= 0.6 is 0 Å². The fraction of sp³-hybridized carbons (Fsp3) is 0.182. The van der Waals surface area contributed by atoms with E-state index < -0.39 is 12.0 Å². The summed E-state index contributed by atoms with van der Waals surface area (Å²) in [5.74, 6) is -1.09. The first-order valence-corrected chi connectivity index (χ1v) is 4.46. The third-order valence-electron chi connectivity index (χ3n) is 1.78. The summed E-state index contributed by atoms with van der Waals surface area (Å²) in [6.07, 6.45) is 0. The molecule has 0 N–H and O–H groups in total. The smallest absolute Gasteiger partial charge is 0.186 e. The van der Waals surface area contributed by atoms with Crippen LogP contribution in [0.4, 0.5) is 5.69 Å². The number of nitriles is 3. The van der Waals surface area contributed by atoms with Gasteiger partial charge in [0.05, 0.1) is 23.9 Å². The molecule has 0 aromatic heterocycles. The first kappa shape index (κ1) is 11.4. The van der Waals surface area contributed by atoms with Crippen LogP contribution in [0.3, 0.4) is 0 Å². The fourth-order valence-corrected chi connectivity index (χ4v) is 0.961. The van der Waals surface area contributed by atoms with Gasteiger partial charge in [-0.1, -0.05) is 18.2 Å². The van der Waals surface area contributed by atoms with Crippen LogP contribution in [0.1, 0.15) is 0 Å². The second-order valence-corrected chi connectivity index (χ2v) is 2.86. The molecule has 0 fully saturated rings. The molecule has 1 atom stereocenters. The number of azo groups is 1. The largest absolute Gasteiger partial charge is 0.197 e. The summed E-state index contributed by atoms with van der Waals surface area (Å²) in [6.45, 7) is 0. The predicted octanol–water partition coefficient (Wildman–Crippen LogP) is 2.33. The van der Waals surface area contributed by atoms with Crippen LogP contribution < -0.4 is 0 Å². The lowest BCUT2D eigenvalue weighted by Crippen LogP contribution is -2.12. The van der Waals surface area contributed by atoms with E-state index in [1.807, 2.05) is 6.07 Å². The number of benzene rings is 1. The van der Waals surface area contributed by atoms with Crippen LogP contribution in [0.2, 0.25) is 0 Å². The first-order valence-electron chi connectivity index (χ1n) is 4.46. The Bertz CT molecular complexity index is 472. The standard InChI is InChI=1S/C11H7N5/c12-6-9(7-13)11(8-14)16-15-10-4-2-1-3-5-10/h1-5,9,11H. The van der Waals surface area contributed by atoms with Gasteiger partial charge >= 0.3 is 0 Å². The molecule has 0 spiro atoms. The molecule has 5 nitrogen and oxygen atoms in total. The maximum atomic E-state index is 8.73. The molecular weight excluding hydrogens is 202 g/mol. The van der Waals surface area contributed by atoms with Crippen molar-refractivity contribution in [2.24, 2.45) is 16.1 Å². The summed E-state index contributed by atoms with van der Waals surface area (Å²) in [5, 5.41) is 33.4. The van der Waals surface area contributed by atoms with Gasteiger partial charge in [0.2, 0.25) is 0 Å². The third kappa shape index (κ3) is 2.90. The van der Waals surface area contributed by atoms with Gasteiger partial charge in [-0.3, -0.25) is 0 Å². The van der Waals surface area contributed by atoms with E-state index in [-0.39, 0.29) is 0 Å². The molecule has 1 aromatic carbocycles. The maximum absolute atomic E-state index is 8.73. The van der Waals surface area contributed by atoms with Crippen molar-refractivity contribution < 1.29 is 0 Å². The molecule has 16 heavy (non-hydrogen) atoms. The van der Waals surface area contributed by atoms with E-state index >= 15 is 0 Å². The van der Waals surface area contributed by atoms with E-state index in [0.29, 0.717) is 5.69 Å². The van der Waals surface area contributed by atoms with E-state index in [9.17, 15) is 0 Å². The van der Waals surface area contributed by atoms with Crippen molar-refractivity contribution in [3.8, 4) is 18.2 Å². The summed E-state index contributed by atoms with van der Waals surface area (Å²) in [6, 6.07) is 12.9. The Kier molecular flexibility index (Phi) is 4.19. The Morgan fingerprint density at radius 2 is 1.56 bits per heavy atom. The van der Waals surface area contributed by atoms with Crippen molar-refractivity contribution in [3.63, 3.8) is 0 Å². The van der Waals surface area contributed by atoms with Crippen molar-refractivity contribution in [3.05, 3.63) is 30.3 Å². The molecule has 1 aromatic rings. The van der Waals surface area contributed by atoms with E-state index in [2.05, 4.69) is 10.2 Å². The Morgan fingerprint density at radius 3 is 2.06 bits per heavy atom. The zero-order valence-corrected chi connectivity index (χ0v) is 8.28. The number of hydrogen-bond donors (Lipinski definition) is 0. The topological polar surface area (TPSA) is 96.1 Å². The minimum absolute atomic E-state index is 0.581. The second-order valence-electron chi connectivity index (χ2n) is 2.86. The Balaban J connectivity index is 2.81. The summed E-state index contributed by atoms with van der Waals surface area (Å²) in [7, 11) is 0. The maximum Gasteiger partial charge on any atom is 0.186 e. The fourth-order valence-electron chi connectivity index (χ4n) is 0.961. The van der Waals surface area contributed by atoms with Gasteiger partial charge in [0, 0.05) is 0 Å². The molecule has 76 valence electrons. The number of rotatable bonds is 3. The minimum atomic E-state index is -1.09. The summed E-state index contributed by atoms with van der Waals surface area (Å²) < 4.78 is 0. The molecule has 0 saturated heterocycles. The average molecular weight is 209 g/mol. The SMILES string of the molecule is N#CC(C#N)C(C#N)N=Nc1ccccc1. The quantitative estimate of drug-likeness (QED) is 0.714. The highest BCUT2D eigenvalue weighted by Gasteiger charge is 2.19. The van der Waals surface area contributed by atoms with Gasteiger partial charge < -0.3 is 0 Å². The predicted molar refractivity (Wildman–Crippen MR) is 55.1 cm³/mol. The summed E-state index contributed by atoms with van der Waals surface area (Å²) in [4.78, 5) is 0. The normalized spacial score (nSPS) is 11.6. The minimum Gasteiger partial charge on any atom is -0.197 e. The van der Waals surface area contributed by atoms with E-state index in [1.54, 1.807) is 42.5 Å². The average Bonchev–Trinajstić information content (AvgIpc) is 2.35. The van der Waals surface area contributed by atoms with Crippen molar-refractivity contribution >= 4 is 5.69 Å².